The molecule has 1 atom stereocenters. The molecule has 0 amide bonds. The summed E-state index contributed by atoms with van der Waals surface area (Å²) >= 11 is 0. The van der Waals surface area contributed by atoms with E-state index in [2.05, 4.69) is 18.2 Å². The van der Waals surface area contributed by atoms with E-state index in [1.807, 2.05) is 23.1 Å². The maximum atomic E-state index is 11.7. The van der Waals surface area contributed by atoms with Gasteiger partial charge < -0.3 is 10.2 Å². The molecular formula is C19H19NO3. The predicted molar refractivity (Wildman–Crippen MR) is 89.1 cm³/mol. The molecule has 0 saturated carbocycles. The molecule has 2 N–H and O–H groups in total. The van der Waals surface area contributed by atoms with Gasteiger partial charge in [-0.25, -0.2) is 0 Å². The molecule has 0 bridgehead atoms. The number of carboxylic acids is 1. The number of phenols is 1. The number of nitrogens with zero attached hydrogens (tertiary/aromatic N) is 1. The highest BCUT2D eigenvalue weighted by molar-refractivity contribution is 5.76. The van der Waals surface area contributed by atoms with Gasteiger partial charge in [0.05, 0.1) is 0 Å². The Morgan fingerprint density at radius 3 is 2.48 bits per heavy atom. The second-order valence-corrected chi connectivity index (χ2v) is 5.68. The van der Waals surface area contributed by atoms with Gasteiger partial charge in [-0.1, -0.05) is 48.5 Å². The summed E-state index contributed by atoms with van der Waals surface area (Å²) in [6, 6.07) is 15.9. The first-order chi connectivity index (χ1) is 11.1. The SMILES string of the molecule is O=C(O)C(c1cccc(O)c1)N1CC=C(c2ccccc2)CC1. The minimum absolute atomic E-state index is 0.0891. The van der Waals surface area contributed by atoms with Gasteiger partial charge in [0.15, 0.2) is 0 Å². The van der Waals surface area contributed by atoms with Crippen LogP contribution >= 0.6 is 0 Å². The van der Waals surface area contributed by atoms with Crippen molar-refractivity contribution in [3.8, 4) is 5.75 Å². The Morgan fingerprint density at radius 1 is 1.09 bits per heavy atom. The van der Waals surface area contributed by atoms with Gasteiger partial charge in [0.2, 0.25) is 0 Å². The molecule has 0 radical (unpaired) electrons. The zero-order chi connectivity index (χ0) is 16.2. The maximum Gasteiger partial charge on any atom is 0.325 e. The molecule has 1 unspecified atom stereocenters. The van der Waals surface area contributed by atoms with E-state index in [1.165, 1.54) is 17.2 Å². The van der Waals surface area contributed by atoms with Crippen molar-refractivity contribution in [2.24, 2.45) is 0 Å². The van der Waals surface area contributed by atoms with Gasteiger partial charge in [0, 0.05) is 13.1 Å². The number of aliphatic carboxylic acids is 1. The van der Waals surface area contributed by atoms with Crippen LogP contribution in [0.3, 0.4) is 0 Å². The molecule has 0 spiro atoms. The molecule has 4 nitrogen and oxygen atoms in total. The van der Waals surface area contributed by atoms with Gasteiger partial charge in [0.25, 0.3) is 0 Å². The highest BCUT2D eigenvalue weighted by Crippen LogP contribution is 2.29. The minimum Gasteiger partial charge on any atom is -0.508 e. The van der Waals surface area contributed by atoms with Gasteiger partial charge in [-0.2, -0.15) is 0 Å². The normalized spacial score (nSPS) is 16.6. The lowest BCUT2D eigenvalue weighted by molar-refractivity contribution is -0.143. The van der Waals surface area contributed by atoms with Crippen LogP contribution in [0.25, 0.3) is 5.57 Å². The number of rotatable bonds is 4. The molecule has 1 heterocycles. The monoisotopic (exact) mass is 309 g/mol. The Balaban J connectivity index is 1.81. The molecule has 2 aromatic rings. The van der Waals surface area contributed by atoms with Crippen molar-refractivity contribution >= 4 is 11.5 Å². The van der Waals surface area contributed by atoms with Crippen molar-refractivity contribution in [2.45, 2.75) is 12.5 Å². The van der Waals surface area contributed by atoms with Crippen molar-refractivity contribution in [2.75, 3.05) is 13.1 Å². The summed E-state index contributed by atoms with van der Waals surface area (Å²) in [5, 5.41) is 19.2. The van der Waals surface area contributed by atoms with Crippen molar-refractivity contribution in [1.82, 2.24) is 4.90 Å². The van der Waals surface area contributed by atoms with Crippen LogP contribution in [-0.2, 0) is 4.79 Å². The molecule has 0 aliphatic carbocycles. The lowest BCUT2D eigenvalue weighted by Gasteiger charge is -2.31. The Bertz CT molecular complexity index is 724. The van der Waals surface area contributed by atoms with Crippen molar-refractivity contribution in [3.63, 3.8) is 0 Å². The highest BCUT2D eigenvalue weighted by Gasteiger charge is 2.28. The molecule has 23 heavy (non-hydrogen) atoms. The summed E-state index contributed by atoms with van der Waals surface area (Å²) in [5.41, 5.74) is 3.05. The number of carboxylic acid groups (broad SMARTS) is 1. The number of benzene rings is 2. The number of hydrogen-bond acceptors (Lipinski definition) is 3. The molecule has 1 aliphatic rings. The van der Waals surface area contributed by atoms with Crippen LogP contribution in [0.4, 0.5) is 0 Å². The summed E-state index contributed by atoms with van der Waals surface area (Å²) in [5.74, 6) is -0.807. The van der Waals surface area contributed by atoms with Crippen LogP contribution in [0.5, 0.6) is 5.75 Å². The maximum absolute atomic E-state index is 11.7. The summed E-state index contributed by atoms with van der Waals surface area (Å²) in [6.45, 7) is 1.25. The largest absolute Gasteiger partial charge is 0.508 e. The predicted octanol–water partition coefficient (Wildman–Crippen LogP) is 3.31. The smallest absolute Gasteiger partial charge is 0.325 e. The van der Waals surface area contributed by atoms with Crippen LogP contribution < -0.4 is 0 Å². The molecule has 3 rings (SSSR count). The average Bonchev–Trinajstić information content (AvgIpc) is 2.56. The lowest BCUT2D eigenvalue weighted by atomic mass is 9.97. The quantitative estimate of drug-likeness (QED) is 0.909. The van der Waals surface area contributed by atoms with Gasteiger partial charge in [0.1, 0.15) is 11.8 Å². The van der Waals surface area contributed by atoms with Crippen LogP contribution in [0.2, 0.25) is 0 Å². The van der Waals surface area contributed by atoms with Gasteiger partial charge >= 0.3 is 5.97 Å². The van der Waals surface area contributed by atoms with Crippen LogP contribution in [0.15, 0.2) is 60.7 Å². The number of phenolic OH excluding ortho intramolecular Hbond substituents is 1. The zero-order valence-corrected chi connectivity index (χ0v) is 12.7. The summed E-state index contributed by atoms with van der Waals surface area (Å²) in [7, 11) is 0. The average molecular weight is 309 g/mol. The van der Waals surface area contributed by atoms with Crippen molar-refractivity contribution in [1.29, 1.82) is 0 Å². The molecule has 0 saturated heterocycles. The second-order valence-electron chi connectivity index (χ2n) is 5.68. The Morgan fingerprint density at radius 2 is 1.87 bits per heavy atom. The molecule has 1 aliphatic heterocycles. The van der Waals surface area contributed by atoms with E-state index in [-0.39, 0.29) is 5.75 Å². The fraction of sp³-hybridized carbons (Fsp3) is 0.211. The Labute approximate surface area is 135 Å². The first kappa shape index (κ1) is 15.3. The van der Waals surface area contributed by atoms with Crippen LogP contribution in [0, 0.1) is 0 Å². The zero-order valence-electron chi connectivity index (χ0n) is 12.7. The lowest BCUT2D eigenvalue weighted by Crippen LogP contribution is -2.37. The van der Waals surface area contributed by atoms with Crippen molar-refractivity contribution in [3.05, 3.63) is 71.8 Å². The van der Waals surface area contributed by atoms with Gasteiger partial charge in [-0.15, -0.1) is 0 Å². The third-order valence-electron chi connectivity index (χ3n) is 4.17. The van der Waals surface area contributed by atoms with E-state index in [4.69, 9.17) is 0 Å². The first-order valence-corrected chi connectivity index (χ1v) is 7.65. The summed E-state index contributed by atoms with van der Waals surface area (Å²) < 4.78 is 0. The third kappa shape index (κ3) is 3.43. The van der Waals surface area contributed by atoms with Gasteiger partial charge in [-0.3, -0.25) is 9.69 Å². The van der Waals surface area contributed by atoms with Gasteiger partial charge in [-0.05, 0) is 35.3 Å². The topological polar surface area (TPSA) is 60.8 Å². The van der Waals surface area contributed by atoms with E-state index < -0.39 is 12.0 Å². The third-order valence-corrected chi connectivity index (χ3v) is 4.17. The Kier molecular flexibility index (Phi) is 4.44. The highest BCUT2D eigenvalue weighted by atomic mass is 16.4. The summed E-state index contributed by atoms with van der Waals surface area (Å²) in [4.78, 5) is 13.6. The van der Waals surface area contributed by atoms with E-state index >= 15 is 0 Å². The van der Waals surface area contributed by atoms with Crippen molar-refractivity contribution < 1.29 is 15.0 Å². The fourth-order valence-electron chi connectivity index (χ4n) is 3.04. The molecule has 0 aromatic heterocycles. The van der Waals surface area contributed by atoms with E-state index in [0.29, 0.717) is 18.7 Å². The summed E-state index contributed by atoms with van der Waals surface area (Å²) in [6.07, 6.45) is 2.91. The number of hydrogen-bond donors (Lipinski definition) is 2. The fourth-order valence-corrected chi connectivity index (χ4v) is 3.04. The molecule has 0 fully saturated rings. The van der Waals surface area contributed by atoms with E-state index in [1.54, 1.807) is 18.2 Å². The molecule has 4 heteroatoms. The number of carbonyl (C=O) groups is 1. The standard InChI is InChI=1S/C19H19NO3/c21-17-8-4-7-16(13-17)18(19(22)23)20-11-9-15(10-12-20)14-5-2-1-3-6-14/h1-9,13,18,21H,10-12H2,(H,22,23). The molecular weight excluding hydrogens is 290 g/mol. The molecule has 118 valence electrons. The first-order valence-electron chi connectivity index (χ1n) is 7.65. The minimum atomic E-state index is -0.896. The van der Waals surface area contributed by atoms with E-state index in [9.17, 15) is 15.0 Å². The van der Waals surface area contributed by atoms with Crippen LogP contribution in [0.1, 0.15) is 23.6 Å². The Hall–Kier alpha value is -2.59. The number of aromatic hydroxyl groups is 1. The van der Waals surface area contributed by atoms with Crippen LogP contribution in [-0.4, -0.2) is 34.2 Å². The molecule has 2 aromatic carbocycles. The van der Waals surface area contributed by atoms with E-state index in [0.717, 1.165) is 6.42 Å². The second kappa shape index (κ2) is 6.67.